The van der Waals surface area contributed by atoms with Crippen molar-refractivity contribution in [1.82, 2.24) is 24.9 Å². The van der Waals surface area contributed by atoms with E-state index < -0.39 is 17.8 Å². The summed E-state index contributed by atoms with van der Waals surface area (Å²) in [6.07, 6.45) is 3.92. The van der Waals surface area contributed by atoms with Gasteiger partial charge in [0.2, 0.25) is 0 Å². The van der Waals surface area contributed by atoms with Crippen LogP contribution in [-0.4, -0.2) is 42.5 Å². The number of hydrogen-bond acceptors (Lipinski definition) is 6. The minimum absolute atomic E-state index is 0.140. The molecule has 11 heteroatoms. The number of furan rings is 1. The van der Waals surface area contributed by atoms with Crippen LogP contribution >= 0.6 is 0 Å². The van der Waals surface area contributed by atoms with Crippen molar-refractivity contribution in [3.05, 3.63) is 53.5 Å². The normalized spacial score (nSPS) is 10.6. The molecule has 0 bridgehead atoms. The third-order valence-corrected chi connectivity index (χ3v) is 3.99. The molecule has 28 heavy (non-hydrogen) atoms. The highest BCUT2D eigenvalue weighted by atomic mass is 16.4. The van der Waals surface area contributed by atoms with Crippen LogP contribution in [0.2, 0.25) is 0 Å². The molecule has 3 aromatic heterocycles. The minimum Gasteiger partial charge on any atom is -0.478 e. The molecule has 0 fully saturated rings. The van der Waals surface area contributed by atoms with E-state index in [1.54, 1.807) is 19.1 Å². The van der Waals surface area contributed by atoms with Crippen molar-refractivity contribution in [2.24, 2.45) is 7.05 Å². The minimum atomic E-state index is -1.28. The molecule has 0 unspecified atom stereocenters. The highest BCUT2D eigenvalue weighted by Crippen LogP contribution is 2.18. The van der Waals surface area contributed by atoms with Crippen molar-refractivity contribution < 1.29 is 23.9 Å². The van der Waals surface area contributed by atoms with Gasteiger partial charge in [-0.3, -0.25) is 19.0 Å². The fourth-order valence-corrected chi connectivity index (χ4v) is 2.67. The van der Waals surface area contributed by atoms with Gasteiger partial charge in [0.25, 0.3) is 11.8 Å². The van der Waals surface area contributed by atoms with E-state index in [9.17, 15) is 19.5 Å². The van der Waals surface area contributed by atoms with Gasteiger partial charge in [-0.15, -0.1) is 0 Å². The van der Waals surface area contributed by atoms with Gasteiger partial charge >= 0.3 is 5.97 Å². The van der Waals surface area contributed by atoms with Gasteiger partial charge in [0.15, 0.2) is 0 Å². The smallest absolute Gasteiger partial charge is 0.339 e. The summed E-state index contributed by atoms with van der Waals surface area (Å²) < 4.78 is 7.76. The molecule has 11 nitrogen and oxygen atoms in total. The first-order valence-corrected chi connectivity index (χ1v) is 8.35. The lowest BCUT2D eigenvalue weighted by Crippen LogP contribution is -2.27. The van der Waals surface area contributed by atoms with Gasteiger partial charge in [0, 0.05) is 13.6 Å². The number of nitrogens with zero attached hydrogens (tertiary/aromatic N) is 4. The summed E-state index contributed by atoms with van der Waals surface area (Å²) in [6, 6.07) is 3.42. The molecule has 0 saturated heterocycles. The lowest BCUT2D eigenvalue weighted by Gasteiger charge is -2.10. The Morgan fingerprint density at radius 1 is 1.18 bits per heavy atom. The topological polar surface area (TPSA) is 144 Å². The number of rotatable bonds is 7. The van der Waals surface area contributed by atoms with Crippen LogP contribution in [0.15, 0.2) is 35.2 Å². The summed E-state index contributed by atoms with van der Waals surface area (Å²) in [5, 5.41) is 22.4. The van der Waals surface area contributed by atoms with Gasteiger partial charge in [-0.2, -0.15) is 10.2 Å². The predicted octanol–water partition coefficient (Wildman–Crippen LogP) is 1.11. The average molecular weight is 386 g/mol. The van der Waals surface area contributed by atoms with Crippen LogP contribution in [0.25, 0.3) is 0 Å². The number of anilines is 1. The number of aryl methyl sites for hydroxylation is 2. The van der Waals surface area contributed by atoms with Crippen LogP contribution in [0, 0.1) is 0 Å². The molecule has 146 valence electrons. The number of aromatic nitrogens is 4. The van der Waals surface area contributed by atoms with Crippen molar-refractivity contribution in [2.75, 3.05) is 5.32 Å². The highest BCUT2D eigenvalue weighted by molar-refractivity contribution is 6.11. The van der Waals surface area contributed by atoms with Crippen LogP contribution in [0.3, 0.4) is 0 Å². The number of hydrogen-bond donors (Lipinski definition) is 3. The van der Waals surface area contributed by atoms with Crippen LogP contribution < -0.4 is 10.6 Å². The first-order valence-electron chi connectivity index (χ1n) is 8.35. The maximum atomic E-state index is 12.6. The largest absolute Gasteiger partial charge is 0.478 e. The molecule has 0 aliphatic carbocycles. The zero-order valence-electron chi connectivity index (χ0n) is 15.2. The van der Waals surface area contributed by atoms with Crippen molar-refractivity contribution in [1.29, 1.82) is 0 Å². The second kappa shape index (κ2) is 7.78. The van der Waals surface area contributed by atoms with Gasteiger partial charge in [-0.05, 0) is 19.1 Å². The van der Waals surface area contributed by atoms with E-state index in [2.05, 4.69) is 20.8 Å². The molecule has 0 aromatic carbocycles. The van der Waals surface area contributed by atoms with Gasteiger partial charge in [-0.25, -0.2) is 4.79 Å². The molecule has 0 saturated carbocycles. The Bertz CT molecular complexity index is 1020. The molecule has 0 radical (unpaired) electrons. The van der Waals surface area contributed by atoms with E-state index in [1.807, 2.05) is 0 Å². The average Bonchev–Trinajstić information content (AvgIpc) is 3.38. The molecule has 0 spiro atoms. The van der Waals surface area contributed by atoms with Crippen molar-refractivity contribution in [2.45, 2.75) is 20.0 Å². The van der Waals surface area contributed by atoms with E-state index in [-0.39, 0.29) is 29.2 Å². The van der Waals surface area contributed by atoms with E-state index in [1.165, 1.54) is 24.2 Å². The summed E-state index contributed by atoms with van der Waals surface area (Å²) in [4.78, 5) is 36.5. The number of amides is 2. The van der Waals surface area contributed by atoms with Crippen LogP contribution in [0.4, 0.5) is 5.69 Å². The third kappa shape index (κ3) is 3.63. The first-order chi connectivity index (χ1) is 13.4. The van der Waals surface area contributed by atoms with E-state index >= 15 is 0 Å². The zero-order chi connectivity index (χ0) is 20.3. The van der Waals surface area contributed by atoms with Crippen LogP contribution in [0.1, 0.15) is 44.0 Å². The fraction of sp³-hybridized carbons (Fsp3) is 0.235. The first kappa shape index (κ1) is 18.9. The maximum absolute atomic E-state index is 12.6. The molecule has 0 aliphatic rings. The Morgan fingerprint density at radius 3 is 2.61 bits per heavy atom. The summed E-state index contributed by atoms with van der Waals surface area (Å²) in [7, 11) is 1.45. The van der Waals surface area contributed by atoms with Crippen molar-refractivity contribution in [3.8, 4) is 0 Å². The maximum Gasteiger partial charge on any atom is 0.339 e. The SMILES string of the molecule is CCn1ncc(NC(=O)c2c(C(=O)O)cnn2C)c1C(=O)NCc1ccco1. The van der Waals surface area contributed by atoms with Gasteiger partial charge in [0.05, 0.1) is 30.9 Å². The molecule has 0 atom stereocenters. The number of nitrogens with one attached hydrogen (secondary N) is 2. The molecular weight excluding hydrogens is 368 g/mol. The molecule has 3 rings (SSSR count). The Hall–Kier alpha value is -3.89. The quantitative estimate of drug-likeness (QED) is 0.551. The lowest BCUT2D eigenvalue weighted by atomic mass is 10.2. The number of carboxylic acid groups (broad SMARTS) is 1. The number of aromatic carboxylic acids is 1. The summed E-state index contributed by atoms with van der Waals surface area (Å²) in [5.74, 6) is -1.89. The van der Waals surface area contributed by atoms with E-state index in [4.69, 9.17) is 4.42 Å². The van der Waals surface area contributed by atoms with Crippen molar-refractivity contribution >= 4 is 23.5 Å². The van der Waals surface area contributed by atoms with Gasteiger partial charge in [0.1, 0.15) is 22.7 Å². The van der Waals surface area contributed by atoms with Gasteiger partial charge in [-0.1, -0.05) is 0 Å². The Kier molecular flexibility index (Phi) is 5.25. The molecule has 3 aromatic rings. The molecule has 2 amide bonds. The fourth-order valence-electron chi connectivity index (χ4n) is 2.67. The molecule has 3 heterocycles. The van der Waals surface area contributed by atoms with E-state index in [0.29, 0.717) is 12.3 Å². The Balaban J connectivity index is 1.84. The van der Waals surface area contributed by atoms with Gasteiger partial charge < -0.3 is 20.2 Å². The Labute approximate surface area is 158 Å². The lowest BCUT2D eigenvalue weighted by molar-refractivity contribution is 0.0691. The summed E-state index contributed by atoms with van der Waals surface area (Å²) in [5.41, 5.74) is -0.0896. The third-order valence-electron chi connectivity index (χ3n) is 3.99. The molecule has 3 N–H and O–H groups in total. The summed E-state index contributed by atoms with van der Waals surface area (Å²) in [6.45, 7) is 2.36. The molecule has 0 aliphatic heterocycles. The van der Waals surface area contributed by atoms with Crippen LogP contribution in [0.5, 0.6) is 0 Å². The second-order valence-corrected chi connectivity index (χ2v) is 5.77. The van der Waals surface area contributed by atoms with Crippen molar-refractivity contribution in [3.63, 3.8) is 0 Å². The number of carboxylic acids is 1. The number of carbonyl (C=O) groups is 3. The predicted molar refractivity (Wildman–Crippen MR) is 95.9 cm³/mol. The monoisotopic (exact) mass is 386 g/mol. The highest BCUT2D eigenvalue weighted by Gasteiger charge is 2.25. The molecular formula is C17H18N6O5. The van der Waals surface area contributed by atoms with Crippen LogP contribution in [-0.2, 0) is 20.1 Å². The standard InChI is InChI=1S/C17H18N6O5/c1-3-23-14(15(24)18-7-10-5-4-6-28-10)12(9-20-23)21-16(25)13-11(17(26)27)8-19-22(13)2/h4-6,8-9H,3,7H2,1-2H3,(H,18,24)(H,21,25)(H,26,27). The Morgan fingerprint density at radius 2 is 1.96 bits per heavy atom. The summed E-state index contributed by atoms with van der Waals surface area (Å²) >= 11 is 0. The number of carbonyl (C=O) groups excluding carboxylic acids is 2. The zero-order valence-corrected chi connectivity index (χ0v) is 15.2. The second-order valence-electron chi connectivity index (χ2n) is 5.77. The van der Waals surface area contributed by atoms with E-state index in [0.717, 1.165) is 10.9 Å².